The van der Waals surface area contributed by atoms with E-state index in [9.17, 15) is 14.7 Å². The summed E-state index contributed by atoms with van der Waals surface area (Å²) in [6.45, 7) is 0. The third-order valence-corrected chi connectivity index (χ3v) is 5.55. The Balaban J connectivity index is 1.78. The monoisotopic (exact) mass is 338 g/mol. The van der Waals surface area contributed by atoms with Crippen LogP contribution in [-0.4, -0.2) is 48.8 Å². The molecular formula is C13H14N4O3S2. The van der Waals surface area contributed by atoms with Crippen LogP contribution in [0.2, 0.25) is 0 Å². The van der Waals surface area contributed by atoms with Crippen molar-refractivity contribution in [1.29, 1.82) is 0 Å². The highest BCUT2D eigenvalue weighted by Crippen LogP contribution is 2.29. The SMILES string of the molecule is Cn1cc(-c2nc(C(=O)NC3(C(=O)O)CCSC3)cs2)cn1. The highest BCUT2D eigenvalue weighted by Gasteiger charge is 2.43. The predicted octanol–water partition coefficient (Wildman–Crippen LogP) is 1.23. The lowest BCUT2D eigenvalue weighted by Gasteiger charge is -2.23. The van der Waals surface area contributed by atoms with Crippen LogP contribution in [0.1, 0.15) is 16.9 Å². The largest absolute Gasteiger partial charge is 0.479 e. The second-order valence-corrected chi connectivity index (χ2v) is 7.05. The minimum absolute atomic E-state index is 0.237. The molecular weight excluding hydrogens is 324 g/mol. The topological polar surface area (TPSA) is 97.1 Å². The van der Waals surface area contributed by atoms with E-state index in [2.05, 4.69) is 15.4 Å². The molecule has 0 saturated carbocycles. The molecule has 1 amide bonds. The highest BCUT2D eigenvalue weighted by atomic mass is 32.2. The molecule has 0 aliphatic carbocycles. The van der Waals surface area contributed by atoms with Crippen LogP contribution >= 0.6 is 23.1 Å². The smallest absolute Gasteiger partial charge is 0.330 e. The maximum atomic E-state index is 12.3. The Bertz CT molecular complexity index is 718. The van der Waals surface area contributed by atoms with E-state index in [0.29, 0.717) is 17.2 Å². The Labute approximate surface area is 134 Å². The van der Waals surface area contributed by atoms with Crippen molar-refractivity contribution in [1.82, 2.24) is 20.1 Å². The second kappa shape index (κ2) is 5.73. The number of amides is 1. The quantitative estimate of drug-likeness (QED) is 0.870. The zero-order valence-electron chi connectivity index (χ0n) is 11.8. The van der Waals surface area contributed by atoms with Gasteiger partial charge in [-0.3, -0.25) is 9.48 Å². The Morgan fingerprint density at radius 1 is 1.50 bits per heavy atom. The minimum atomic E-state index is -1.18. The maximum Gasteiger partial charge on any atom is 0.330 e. The van der Waals surface area contributed by atoms with E-state index in [-0.39, 0.29) is 5.69 Å². The molecule has 116 valence electrons. The van der Waals surface area contributed by atoms with Gasteiger partial charge in [-0.15, -0.1) is 11.3 Å². The molecule has 1 unspecified atom stereocenters. The van der Waals surface area contributed by atoms with Gasteiger partial charge < -0.3 is 10.4 Å². The van der Waals surface area contributed by atoms with Crippen molar-refractivity contribution < 1.29 is 14.7 Å². The summed E-state index contributed by atoms with van der Waals surface area (Å²) in [5.41, 5.74) is -0.114. The molecule has 22 heavy (non-hydrogen) atoms. The van der Waals surface area contributed by atoms with Gasteiger partial charge in [0.25, 0.3) is 5.91 Å². The summed E-state index contributed by atoms with van der Waals surface area (Å²) < 4.78 is 1.66. The van der Waals surface area contributed by atoms with Crippen molar-refractivity contribution >= 4 is 35.0 Å². The molecule has 7 nitrogen and oxygen atoms in total. The normalized spacial score (nSPS) is 21.0. The number of thiazole rings is 1. The molecule has 1 fully saturated rings. The van der Waals surface area contributed by atoms with Gasteiger partial charge in [-0.05, 0) is 12.2 Å². The molecule has 3 heterocycles. The molecule has 3 rings (SSSR count). The molecule has 0 radical (unpaired) electrons. The lowest BCUT2D eigenvalue weighted by Crippen LogP contribution is -2.54. The first kappa shape index (κ1) is 15.0. The molecule has 9 heteroatoms. The van der Waals surface area contributed by atoms with Crippen molar-refractivity contribution in [3.8, 4) is 10.6 Å². The van der Waals surface area contributed by atoms with E-state index in [1.807, 2.05) is 6.20 Å². The zero-order valence-corrected chi connectivity index (χ0v) is 13.4. The summed E-state index contributed by atoms with van der Waals surface area (Å²) in [6.07, 6.45) is 3.91. The lowest BCUT2D eigenvalue weighted by atomic mass is 9.99. The van der Waals surface area contributed by atoms with Gasteiger partial charge in [0.05, 0.1) is 6.20 Å². The number of carboxylic acids is 1. The Hall–Kier alpha value is -1.87. The predicted molar refractivity (Wildman–Crippen MR) is 84.1 cm³/mol. The summed E-state index contributed by atoms with van der Waals surface area (Å²) in [4.78, 5) is 28.0. The third-order valence-electron chi connectivity index (χ3n) is 3.47. The number of carboxylic acid groups (broad SMARTS) is 1. The van der Waals surface area contributed by atoms with E-state index in [1.54, 1.807) is 23.3 Å². The standard InChI is InChI=1S/C13H14N4O3S2/c1-17-5-8(4-14-17)11-15-9(6-22-11)10(18)16-13(12(19)20)2-3-21-7-13/h4-6H,2-3,7H2,1H3,(H,16,18)(H,19,20). The van der Waals surface area contributed by atoms with Gasteiger partial charge >= 0.3 is 5.97 Å². The molecule has 1 aliphatic heterocycles. The zero-order chi connectivity index (χ0) is 15.7. The number of aromatic nitrogens is 3. The summed E-state index contributed by atoms with van der Waals surface area (Å²) >= 11 is 2.86. The fourth-order valence-corrected chi connectivity index (χ4v) is 4.31. The van der Waals surface area contributed by atoms with Crippen LogP contribution < -0.4 is 5.32 Å². The van der Waals surface area contributed by atoms with Gasteiger partial charge in [-0.1, -0.05) is 0 Å². The van der Waals surface area contributed by atoms with Crippen molar-refractivity contribution in [3.63, 3.8) is 0 Å². The number of hydrogen-bond donors (Lipinski definition) is 2. The number of carbonyl (C=O) groups is 2. The first-order valence-corrected chi connectivity index (χ1v) is 8.62. The van der Waals surface area contributed by atoms with Crippen LogP contribution in [0.25, 0.3) is 10.6 Å². The van der Waals surface area contributed by atoms with Gasteiger partial charge in [0.1, 0.15) is 16.2 Å². The van der Waals surface area contributed by atoms with Gasteiger partial charge in [0, 0.05) is 29.9 Å². The van der Waals surface area contributed by atoms with E-state index in [1.165, 1.54) is 23.1 Å². The first-order valence-electron chi connectivity index (χ1n) is 6.58. The average Bonchev–Trinajstić information content (AvgIpc) is 3.17. The number of thioether (sulfide) groups is 1. The maximum absolute atomic E-state index is 12.3. The van der Waals surface area contributed by atoms with Gasteiger partial charge in [0.15, 0.2) is 0 Å². The molecule has 2 aromatic rings. The van der Waals surface area contributed by atoms with E-state index >= 15 is 0 Å². The first-order chi connectivity index (χ1) is 10.5. The van der Waals surface area contributed by atoms with Gasteiger partial charge in [0.2, 0.25) is 0 Å². The molecule has 1 atom stereocenters. The van der Waals surface area contributed by atoms with Crippen LogP contribution in [0.4, 0.5) is 0 Å². The molecule has 1 saturated heterocycles. The molecule has 0 spiro atoms. The molecule has 1 aliphatic rings. The van der Waals surface area contributed by atoms with Crippen molar-refractivity contribution in [2.75, 3.05) is 11.5 Å². The third kappa shape index (κ3) is 2.73. The number of nitrogens with one attached hydrogen (secondary N) is 1. The van der Waals surface area contributed by atoms with Gasteiger partial charge in [-0.2, -0.15) is 16.9 Å². The van der Waals surface area contributed by atoms with E-state index < -0.39 is 17.4 Å². The summed E-state index contributed by atoms with van der Waals surface area (Å²) in [5, 5.41) is 18.4. The van der Waals surface area contributed by atoms with E-state index in [0.717, 1.165) is 11.3 Å². The Morgan fingerprint density at radius 2 is 2.32 bits per heavy atom. The fraction of sp³-hybridized carbons (Fsp3) is 0.385. The summed E-state index contributed by atoms with van der Waals surface area (Å²) in [5.74, 6) is -0.331. The lowest BCUT2D eigenvalue weighted by molar-refractivity contribution is -0.143. The molecule has 0 bridgehead atoms. The van der Waals surface area contributed by atoms with Crippen LogP contribution in [0.15, 0.2) is 17.8 Å². The Morgan fingerprint density at radius 3 is 2.91 bits per heavy atom. The molecule has 2 aromatic heterocycles. The number of aliphatic carboxylic acids is 1. The number of hydrogen-bond acceptors (Lipinski definition) is 6. The van der Waals surface area contributed by atoms with Crippen molar-refractivity contribution in [3.05, 3.63) is 23.5 Å². The second-order valence-electron chi connectivity index (χ2n) is 5.08. The average molecular weight is 338 g/mol. The molecule has 0 aromatic carbocycles. The molecule has 2 N–H and O–H groups in total. The van der Waals surface area contributed by atoms with Crippen molar-refractivity contribution in [2.24, 2.45) is 7.05 Å². The number of carbonyl (C=O) groups excluding carboxylic acids is 1. The van der Waals surface area contributed by atoms with Crippen LogP contribution in [0.3, 0.4) is 0 Å². The summed E-state index contributed by atoms with van der Waals surface area (Å²) in [6, 6.07) is 0. The highest BCUT2D eigenvalue weighted by molar-refractivity contribution is 7.99. The van der Waals surface area contributed by atoms with Crippen molar-refractivity contribution in [2.45, 2.75) is 12.0 Å². The van der Waals surface area contributed by atoms with Crippen LogP contribution in [0.5, 0.6) is 0 Å². The van der Waals surface area contributed by atoms with Crippen LogP contribution in [0, 0.1) is 0 Å². The number of nitrogens with zero attached hydrogens (tertiary/aromatic N) is 3. The number of rotatable bonds is 4. The summed E-state index contributed by atoms with van der Waals surface area (Å²) in [7, 11) is 1.80. The van der Waals surface area contributed by atoms with Gasteiger partial charge in [-0.25, -0.2) is 9.78 Å². The Kier molecular flexibility index (Phi) is 3.92. The van der Waals surface area contributed by atoms with Crippen LogP contribution in [-0.2, 0) is 11.8 Å². The van der Waals surface area contributed by atoms with E-state index in [4.69, 9.17) is 0 Å². The minimum Gasteiger partial charge on any atom is -0.479 e. The fourth-order valence-electron chi connectivity index (χ4n) is 2.21. The number of aryl methyl sites for hydroxylation is 1.